The van der Waals surface area contributed by atoms with Crippen LogP contribution in [0.1, 0.15) is 49.4 Å². The van der Waals surface area contributed by atoms with Crippen molar-refractivity contribution in [2.45, 2.75) is 32.7 Å². The van der Waals surface area contributed by atoms with Crippen molar-refractivity contribution in [3.63, 3.8) is 0 Å². The molecule has 1 aliphatic rings. The second kappa shape index (κ2) is 13.6. The number of hydrogen-bond donors (Lipinski definition) is 0. The van der Waals surface area contributed by atoms with Gasteiger partial charge in [0.25, 0.3) is 5.56 Å². The van der Waals surface area contributed by atoms with Gasteiger partial charge in [-0.1, -0.05) is 55.5 Å². The predicted octanol–water partition coefficient (Wildman–Crippen LogP) is 3.11. The Morgan fingerprint density at radius 2 is 1.79 bits per heavy atom. The topological polar surface area (TPSA) is 115 Å². The lowest BCUT2D eigenvalue weighted by Crippen LogP contribution is -2.40. The summed E-state index contributed by atoms with van der Waals surface area (Å²) in [6.45, 7) is 6.02. The van der Waals surface area contributed by atoms with Crippen molar-refractivity contribution < 1.29 is 33.3 Å². The van der Waals surface area contributed by atoms with Gasteiger partial charge in [-0.2, -0.15) is 0 Å². The van der Waals surface area contributed by atoms with E-state index in [1.807, 2.05) is 24.3 Å². The first-order chi connectivity index (χ1) is 20.2. The summed E-state index contributed by atoms with van der Waals surface area (Å²) in [5.74, 6) is 0.00538. The van der Waals surface area contributed by atoms with Crippen molar-refractivity contribution in [2.75, 3.05) is 41.2 Å². The molecule has 0 aliphatic carbocycles. The molecule has 222 valence electrons. The van der Waals surface area contributed by atoms with E-state index in [1.54, 1.807) is 35.8 Å². The number of methoxy groups -OCH3 is 3. The van der Waals surface area contributed by atoms with E-state index in [4.69, 9.17) is 18.9 Å². The van der Waals surface area contributed by atoms with Gasteiger partial charge >= 0.3 is 11.9 Å². The van der Waals surface area contributed by atoms with Gasteiger partial charge in [-0.3, -0.25) is 9.36 Å². The van der Waals surface area contributed by atoms with Crippen LogP contribution in [0.5, 0.6) is 11.5 Å². The molecule has 0 spiro atoms. The Labute approximate surface area is 247 Å². The lowest BCUT2D eigenvalue weighted by molar-refractivity contribution is -0.143. The average molecular weight is 595 g/mol. The average Bonchev–Trinajstić information content (AvgIpc) is 3.29. The number of thiazole rings is 1. The minimum absolute atomic E-state index is 0.0801. The molecule has 0 saturated heterocycles. The number of aromatic nitrogens is 1. The lowest BCUT2D eigenvalue weighted by atomic mass is 9.93. The summed E-state index contributed by atoms with van der Waals surface area (Å²) in [5.41, 5.74) is 3.08. The molecule has 0 N–H and O–H groups in total. The molecule has 42 heavy (non-hydrogen) atoms. The number of ether oxygens (including phenoxy) is 5. The molecule has 0 fully saturated rings. The second-order valence-corrected chi connectivity index (χ2v) is 10.8. The van der Waals surface area contributed by atoms with E-state index in [0.717, 1.165) is 11.1 Å². The Balaban J connectivity index is 1.80. The molecular formula is C31H34N2O8S. The number of carbonyl (C=O) groups excluding carboxylic acids is 2. The van der Waals surface area contributed by atoms with E-state index in [-0.39, 0.29) is 25.4 Å². The van der Waals surface area contributed by atoms with E-state index in [1.165, 1.54) is 32.7 Å². The molecule has 0 amide bonds. The number of carbonyl (C=O) groups is 2. The zero-order valence-electron chi connectivity index (χ0n) is 24.5. The Bertz CT molecular complexity index is 1670. The van der Waals surface area contributed by atoms with Gasteiger partial charge in [-0.15, -0.1) is 0 Å². The molecule has 4 rings (SSSR count). The van der Waals surface area contributed by atoms with Crippen molar-refractivity contribution in [2.24, 2.45) is 4.99 Å². The van der Waals surface area contributed by atoms with Gasteiger partial charge in [0.1, 0.15) is 6.61 Å². The predicted molar refractivity (Wildman–Crippen MR) is 158 cm³/mol. The van der Waals surface area contributed by atoms with Gasteiger partial charge < -0.3 is 23.7 Å². The van der Waals surface area contributed by atoms with Crippen molar-refractivity contribution in [3.05, 3.63) is 90.1 Å². The van der Waals surface area contributed by atoms with Crippen LogP contribution < -0.4 is 24.4 Å². The smallest absolute Gasteiger partial charge is 0.343 e. The molecule has 0 radical (unpaired) electrons. The number of esters is 2. The van der Waals surface area contributed by atoms with Crippen LogP contribution in [-0.2, 0) is 23.8 Å². The van der Waals surface area contributed by atoms with Crippen LogP contribution in [0.4, 0.5) is 0 Å². The fourth-order valence-electron chi connectivity index (χ4n) is 4.50. The maximum atomic E-state index is 13.9. The first-order valence-corrected chi connectivity index (χ1v) is 14.2. The van der Waals surface area contributed by atoms with Gasteiger partial charge in [-0.25, -0.2) is 14.6 Å². The Morgan fingerprint density at radius 1 is 1.05 bits per heavy atom. The summed E-state index contributed by atoms with van der Waals surface area (Å²) in [6, 6.07) is 12.3. The van der Waals surface area contributed by atoms with Crippen LogP contribution in [0.25, 0.3) is 6.08 Å². The molecule has 0 bridgehead atoms. The van der Waals surface area contributed by atoms with Crippen LogP contribution in [-0.4, -0.2) is 57.7 Å². The third kappa shape index (κ3) is 6.63. The zero-order chi connectivity index (χ0) is 30.4. The molecule has 2 aromatic carbocycles. The van der Waals surface area contributed by atoms with E-state index in [9.17, 15) is 14.4 Å². The SMILES string of the molecule is COCCOC(=O)C1=C(C)N=c2sc(=Cc3ccc(OCC(=O)OC)c(OC)c3)c(=O)n2C1c1ccc(C(C)C)cc1. The van der Waals surface area contributed by atoms with Gasteiger partial charge in [0.2, 0.25) is 0 Å². The van der Waals surface area contributed by atoms with E-state index < -0.39 is 18.0 Å². The van der Waals surface area contributed by atoms with E-state index >= 15 is 0 Å². The second-order valence-electron chi connectivity index (χ2n) is 9.81. The number of benzene rings is 2. The van der Waals surface area contributed by atoms with Crippen molar-refractivity contribution in [1.29, 1.82) is 0 Å². The molecule has 3 aromatic rings. The normalized spacial score (nSPS) is 14.8. The van der Waals surface area contributed by atoms with Gasteiger partial charge in [0.15, 0.2) is 22.9 Å². The number of nitrogens with zero attached hydrogens (tertiary/aromatic N) is 2. The molecule has 1 aromatic heterocycles. The highest BCUT2D eigenvalue weighted by Gasteiger charge is 2.33. The summed E-state index contributed by atoms with van der Waals surface area (Å²) in [5, 5.41) is 0. The first kappa shape index (κ1) is 30.7. The molecule has 1 aliphatic heterocycles. The molecular weight excluding hydrogens is 560 g/mol. The fraction of sp³-hybridized carbons (Fsp3) is 0.355. The highest BCUT2D eigenvalue weighted by Crippen LogP contribution is 2.32. The highest BCUT2D eigenvalue weighted by atomic mass is 32.1. The molecule has 11 heteroatoms. The number of rotatable bonds is 11. The molecule has 1 unspecified atom stereocenters. The Morgan fingerprint density at radius 3 is 2.43 bits per heavy atom. The Hall–Kier alpha value is -4.22. The highest BCUT2D eigenvalue weighted by molar-refractivity contribution is 7.07. The minimum Gasteiger partial charge on any atom is -0.493 e. The lowest BCUT2D eigenvalue weighted by Gasteiger charge is -2.25. The minimum atomic E-state index is -0.719. The van der Waals surface area contributed by atoms with Crippen molar-refractivity contribution >= 4 is 29.4 Å². The van der Waals surface area contributed by atoms with Crippen LogP contribution in [0.15, 0.2) is 63.5 Å². The number of allylic oxidation sites excluding steroid dienone is 1. The third-order valence-corrected chi connectivity index (χ3v) is 7.72. The molecule has 0 saturated carbocycles. The summed E-state index contributed by atoms with van der Waals surface area (Å²) in [7, 11) is 4.29. The quantitative estimate of drug-likeness (QED) is 0.246. The zero-order valence-corrected chi connectivity index (χ0v) is 25.3. The summed E-state index contributed by atoms with van der Waals surface area (Å²) in [6.07, 6.45) is 1.73. The van der Waals surface area contributed by atoms with Gasteiger partial charge in [-0.05, 0) is 47.7 Å². The molecule has 1 atom stereocenters. The third-order valence-electron chi connectivity index (χ3n) is 6.74. The molecule has 2 heterocycles. The first-order valence-electron chi connectivity index (χ1n) is 13.3. The van der Waals surface area contributed by atoms with Crippen LogP contribution >= 0.6 is 11.3 Å². The van der Waals surface area contributed by atoms with Crippen LogP contribution in [0.2, 0.25) is 0 Å². The monoisotopic (exact) mass is 594 g/mol. The van der Waals surface area contributed by atoms with Gasteiger partial charge in [0.05, 0.1) is 42.7 Å². The standard InChI is InChI=1S/C31H34N2O8S/c1-18(2)21-8-10-22(11-9-21)28-27(30(36)40-14-13-37-4)19(3)32-31-33(28)29(35)25(42-31)16-20-7-12-23(24(15-20)38-5)41-17-26(34)39-6/h7-12,15-16,18,28H,13-14,17H2,1-6H3. The number of hydrogen-bond acceptors (Lipinski definition) is 10. The maximum absolute atomic E-state index is 13.9. The van der Waals surface area contributed by atoms with Crippen molar-refractivity contribution in [3.8, 4) is 11.5 Å². The summed E-state index contributed by atoms with van der Waals surface area (Å²) < 4.78 is 28.0. The summed E-state index contributed by atoms with van der Waals surface area (Å²) in [4.78, 5) is 43.8. The summed E-state index contributed by atoms with van der Waals surface area (Å²) >= 11 is 1.23. The van der Waals surface area contributed by atoms with E-state index in [2.05, 4.69) is 23.6 Å². The maximum Gasteiger partial charge on any atom is 0.343 e. The number of fused-ring (bicyclic) bond motifs is 1. The van der Waals surface area contributed by atoms with Gasteiger partial charge in [0, 0.05) is 7.11 Å². The Kier molecular flexibility index (Phi) is 9.97. The van der Waals surface area contributed by atoms with Crippen LogP contribution in [0.3, 0.4) is 0 Å². The molecule has 10 nitrogen and oxygen atoms in total. The van der Waals surface area contributed by atoms with E-state index in [0.29, 0.717) is 43.6 Å². The van der Waals surface area contributed by atoms with Crippen LogP contribution in [0, 0.1) is 0 Å². The fourth-order valence-corrected chi connectivity index (χ4v) is 5.54. The van der Waals surface area contributed by atoms with Crippen molar-refractivity contribution in [1.82, 2.24) is 4.57 Å². The largest absolute Gasteiger partial charge is 0.493 e.